The van der Waals surface area contributed by atoms with E-state index in [1.165, 1.54) is 0 Å². The van der Waals surface area contributed by atoms with Gasteiger partial charge in [0.05, 0.1) is 6.61 Å². The summed E-state index contributed by atoms with van der Waals surface area (Å²) in [5.74, 6) is 0.137. The summed E-state index contributed by atoms with van der Waals surface area (Å²) in [7, 11) is 1.98. The van der Waals surface area contributed by atoms with E-state index in [1.807, 2.05) is 32.1 Å². The second-order valence-electron chi connectivity index (χ2n) is 3.79. The Balaban J connectivity index is 2.25. The normalized spacial score (nSPS) is 10.4. The molecule has 0 radical (unpaired) electrons. The lowest BCUT2D eigenvalue weighted by molar-refractivity contribution is 0.335. The minimum absolute atomic E-state index is 0.137. The first-order valence-corrected chi connectivity index (χ1v) is 5.43. The van der Waals surface area contributed by atoms with Gasteiger partial charge in [-0.25, -0.2) is 0 Å². The summed E-state index contributed by atoms with van der Waals surface area (Å²) in [5, 5.41) is 2.90. The van der Waals surface area contributed by atoms with E-state index in [9.17, 15) is 9.59 Å². The van der Waals surface area contributed by atoms with Crippen molar-refractivity contribution >= 4 is 24.7 Å². The first-order chi connectivity index (χ1) is 8.13. The predicted molar refractivity (Wildman–Crippen MR) is 70.4 cm³/mol. The van der Waals surface area contributed by atoms with E-state index in [-0.39, 0.29) is 11.4 Å². The molecule has 0 fully saturated rings. The van der Waals surface area contributed by atoms with Crippen molar-refractivity contribution in [1.82, 2.24) is 0 Å². The Hall–Kier alpha value is -2.04. The summed E-state index contributed by atoms with van der Waals surface area (Å²) in [6, 6.07) is 7.55. The van der Waals surface area contributed by atoms with Gasteiger partial charge < -0.3 is 10.1 Å². The Morgan fingerprint density at radius 3 is 2.41 bits per heavy atom. The van der Waals surface area contributed by atoms with Gasteiger partial charge in [-0.2, -0.15) is 0 Å². The van der Waals surface area contributed by atoms with Crippen LogP contribution in [0.5, 0.6) is 5.75 Å². The highest BCUT2D eigenvalue weighted by atomic mass is 16.5. The van der Waals surface area contributed by atoms with Gasteiger partial charge in [0.1, 0.15) is 13.5 Å². The predicted octanol–water partition coefficient (Wildman–Crippen LogP) is -0.317. The van der Waals surface area contributed by atoms with Crippen molar-refractivity contribution in [3.05, 3.63) is 44.7 Å². The fourth-order valence-electron chi connectivity index (χ4n) is 1.55. The Bertz CT molecular complexity index is 597. The summed E-state index contributed by atoms with van der Waals surface area (Å²) in [5.41, 5.74) is 1.07. The lowest BCUT2D eigenvalue weighted by atomic mass is 9.96. The molecule has 0 heterocycles. The summed E-state index contributed by atoms with van der Waals surface area (Å²) in [6.07, 6.45) is 0. The van der Waals surface area contributed by atoms with E-state index in [0.29, 0.717) is 6.61 Å². The number of hydrogen-bond acceptors (Lipinski definition) is 4. The molecule has 86 valence electrons. The van der Waals surface area contributed by atoms with Crippen molar-refractivity contribution in [1.29, 1.82) is 0 Å². The van der Waals surface area contributed by atoms with E-state index in [0.717, 1.165) is 11.2 Å². The Morgan fingerprint density at radius 2 is 1.82 bits per heavy atom. The maximum Gasteiger partial charge on any atom is 0.272 e. The molecule has 0 spiro atoms. The van der Waals surface area contributed by atoms with E-state index in [4.69, 9.17) is 4.74 Å². The molecule has 2 aromatic carbocycles. The Morgan fingerprint density at radius 1 is 1.18 bits per heavy atom. The van der Waals surface area contributed by atoms with Crippen LogP contribution in [0.25, 0.3) is 0 Å². The summed E-state index contributed by atoms with van der Waals surface area (Å²) in [4.78, 5) is 22.6. The maximum atomic E-state index is 11.4. The van der Waals surface area contributed by atoms with Crippen molar-refractivity contribution in [2.75, 3.05) is 11.9 Å². The van der Waals surface area contributed by atoms with Gasteiger partial charge in [-0.15, -0.1) is 0 Å². The molecule has 1 N–H and O–H groups in total. The second-order valence-corrected chi connectivity index (χ2v) is 3.79. The van der Waals surface area contributed by atoms with Crippen LogP contribution in [0.1, 0.15) is 6.92 Å². The third-order valence-corrected chi connectivity index (χ3v) is 2.48. The van der Waals surface area contributed by atoms with Gasteiger partial charge in [0.15, 0.2) is 5.75 Å². The minimum Gasteiger partial charge on any atom is -0.488 e. The average Bonchev–Trinajstić information content (AvgIpc) is 2.35. The quantitative estimate of drug-likeness (QED) is 0.576. The molecule has 0 atom stereocenters. The van der Waals surface area contributed by atoms with Crippen LogP contribution in [0, 0.1) is 0 Å². The molecule has 4 nitrogen and oxygen atoms in total. The highest BCUT2D eigenvalue weighted by Crippen LogP contribution is 2.21. The molecular weight excluding hydrogens is 217 g/mol. The molecule has 2 rings (SSSR count). The first-order valence-electron chi connectivity index (χ1n) is 5.43. The zero-order valence-corrected chi connectivity index (χ0v) is 9.74. The molecule has 0 aliphatic rings. The minimum atomic E-state index is -0.554. The SMILES string of the molecule is Bc1ccc(Nc2c(OCC)c(=O)c2=O)cc1. The Kier molecular flexibility index (Phi) is 3.00. The number of benzene rings is 1. The largest absolute Gasteiger partial charge is 0.488 e. The molecule has 5 heteroatoms. The summed E-state index contributed by atoms with van der Waals surface area (Å²) < 4.78 is 5.12. The molecule has 0 aliphatic heterocycles. The summed E-state index contributed by atoms with van der Waals surface area (Å²) >= 11 is 0. The topological polar surface area (TPSA) is 55.4 Å². The lowest BCUT2D eigenvalue weighted by Gasteiger charge is -2.13. The Labute approximate surface area is 99.3 Å². The number of hydrogen-bond donors (Lipinski definition) is 1. The second kappa shape index (κ2) is 4.45. The van der Waals surface area contributed by atoms with Crippen LogP contribution in [-0.4, -0.2) is 14.5 Å². The third-order valence-electron chi connectivity index (χ3n) is 2.48. The van der Waals surface area contributed by atoms with Gasteiger partial charge in [0, 0.05) is 5.69 Å². The van der Waals surface area contributed by atoms with Gasteiger partial charge in [0.2, 0.25) is 0 Å². The third kappa shape index (κ3) is 2.09. The lowest BCUT2D eigenvalue weighted by Crippen LogP contribution is -2.35. The molecule has 0 bridgehead atoms. The molecule has 0 amide bonds. The van der Waals surface area contributed by atoms with Gasteiger partial charge >= 0.3 is 0 Å². The van der Waals surface area contributed by atoms with Crippen LogP contribution < -0.4 is 26.4 Å². The molecule has 0 aliphatic carbocycles. The van der Waals surface area contributed by atoms with Gasteiger partial charge in [-0.1, -0.05) is 17.6 Å². The number of ether oxygens (including phenoxy) is 1. The molecule has 0 saturated heterocycles. The smallest absolute Gasteiger partial charge is 0.272 e. The fraction of sp³-hybridized carbons (Fsp3) is 0.167. The summed E-state index contributed by atoms with van der Waals surface area (Å²) in [6.45, 7) is 2.14. The van der Waals surface area contributed by atoms with Crippen molar-refractivity contribution in [3.63, 3.8) is 0 Å². The van der Waals surface area contributed by atoms with Crippen LogP contribution in [0.4, 0.5) is 11.4 Å². The van der Waals surface area contributed by atoms with Gasteiger partial charge in [-0.05, 0) is 19.1 Å². The number of anilines is 2. The molecule has 0 unspecified atom stereocenters. The van der Waals surface area contributed by atoms with E-state index >= 15 is 0 Å². The molecule has 2 aromatic rings. The zero-order valence-electron chi connectivity index (χ0n) is 9.74. The van der Waals surface area contributed by atoms with Gasteiger partial charge in [0.25, 0.3) is 10.9 Å². The van der Waals surface area contributed by atoms with Crippen LogP contribution in [-0.2, 0) is 0 Å². The highest BCUT2D eigenvalue weighted by Gasteiger charge is 2.22. The van der Waals surface area contributed by atoms with Crippen LogP contribution in [0.15, 0.2) is 33.9 Å². The first kappa shape index (κ1) is 11.5. The monoisotopic (exact) mass is 229 g/mol. The average molecular weight is 229 g/mol. The van der Waals surface area contributed by atoms with Crippen LogP contribution in [0.3, 0.4) is 0 Å². The van der Waals surface area contributed by atoms with Crippen molar-refractivity contribution in [3.8, 4) is 5.75 Å². The van der Waals surface area contributed by atoms with Crippen LogP contribution in [0.2, 0.25) is 0 Å². The van der Waals surface area contributed by atoms with Crippen molar-refractivity contribution in [2.45, 2.75) is 6.92 Å². The van der Waals surface area contributed by atoms with E-state index < -0.39 is 10.9 Å². The van der Waals surface area contributed by atoms with E-state index in [2.05, 4.69) is 5.32 Å². The molecule has 0 saturated carbocycles. The standard InChI is InChI=1S/C12H12BNO3/c1-2-17-12-9(10(15)11(12)16)14-8-5-3-7(13)4-6-8/h3-6,14H,2,13H2,1H3. The van der Waals surface area contributed by atoms with Crippen LogP contribution >= 0.6 is 0 Å². The fourth-order valence-corrected chi connectivity index (χ4v) is 1.55. The van der Waals surface area contributed by atoms with E-state index in [1.54, 1.807) is 6.92 Å². The molecule has 17 heavy (non-hydrogen) atoms. The number of nitrogens with one attached hydrogen (secondary N) is 1. The highest BCUT2D eigenvalue weighted by molar-refractivity contribution is 6.32. The maximum absolute atomic E-state index is 11.4. The molecular formula is C12H12BNO3. The molecule has 0 aromatic heterocycles. The van der Waals surface area contributed by atoms with Crippen molar-refractivity contribution < 1.29 is 4.74 Å². The van der Waals surface area contributed by atoms with Gasteiger partial charge in [-0.3, -0.25) is 9.59 Å². The zero-order chi connectivity index (χ0) is 12.4. The number of rotatable bonds is 4. The van der Waals surface area contributed by atoms with Crippen molar-refractivity contribution in [2.24, 2.45) is 0 Å².